The molecule has 2 fully saturated rings. The molecule has 100 valence electrons. The van der Waals surface area contributed by atoms with E-state index in [1.165, 1.54) is 0 Å². The Hall–Kier alpha value is -0.840. The molecule has 0 saturated carbocycles. The Balaban J connectivity index is 1.52. The molecular formula is C14H21NO3. The smallest absolute Gasteiger partial charge is 0.117 e. The number of rotatable bonds is 3. The fourth-order valence-corrected chi connectivity index (χ4v) is 3.04. The minimum absolute atomic E-state index is 0.0837. The van der Waals surface area contributed by atoms with Gasteiger partial charge in [0.05, 0.1) is 31.1 Å². The quantitative estimate of drug-likeness (QED) is 0.823. The van der Waals surface area contributed by atoms with Crippen molar-refractivity contribution in [2.24, 2.45) is 0 Å². The van der Waals surface area contributed by atoms with Crippen molar-refractivity contribution in [3.63, 3.8) is 0 Å². The fraction of sp³-hybridized carbons (Fsp3) is 0.714. The number of ether oxygens (including phenoxy) is 2. The summed E-state index contributed by atoms with van der Waals surface area (Å²) in [5, 5.41) is 0. The summed E-state index contributed by atoms with van der Waals surface area (Å²) in [6.07, 6.45) is 5.30. The van der Waals surface area contributed by atoms with E-state index in [1.807, 2.05) is 12.1 Å². The molecular weight excluding hydrogens is 230 g/mol. The molecule has 3 rings (SSSR count). The van der Waals surface area contributed by atoms with Crippen molar-refractivity contribution in [2.45, 2.75) is 37.5 Å². The van der Waals surface area contributed by atoms with Gasteiger partial charge in [-0.1, -0.05) is 0 Å². The van der Waals surface area contributed by atoms with E-state index in [-0.39, 0.29) is 5.60 Å². The molecule has 1 spiro atoms. The van der Waals surface area contributed by atoms with Crippen LogP contribution in [0.4, 0.5) is 0 Å². The average molecular weight is 251 g/mol. The van der Waals surface area contributed by atoms with Crippen LogP contribution in [-0.2, 0) is 16.0 Å². The maximum absolute atomic E-state index is 5.99. The molecule has 0 aliphatic carbocycles. The molecule has 0 radical (unpaired) electrons. The molecule has 2 saturated heterocycles. The maximum Gasteiger partial charge on any atom is 0.117 e. The first-order valence-corrected chi connectivity index (χ1v) is 6.71. The molecule has 4 heteroatoms. The molecule has 1 aromatic heterocycles. The first kappa shape index (κ1) is 12.2. The van der Waals surface area contributed by atoms with Crippen LogP contribution >= 0.6 is 0 Å². The lowest BCUT2D eigenvalue weighted by atomic mass is 9.88. The van der Waals surface area contributed by atoms with E-state index >= 15 is 0 Å². The topological polar surface area (TPSA) is 34.8 Å². The zero-order valence-corrected chi connectivity index (χ0v) is 10.9. The predicted molar refractivity (Wildman–Crippen MR) is 67.3 cm³/mol. The van der Waals surface area contributed by atoms with Gasteiger partial charge in [-0.25, -0.2) is 0 Å². The Kier molecular flexibility index (Phi) is 3.41. The van der Waals surface area contributed by atoms with Gasteiger partial charge in [0.2, 0.25) is 0 Å². The lowest BCUT2D eigenvalue weighted by molar-refractivity contribution is -0.0468. The van der Waals surface area contributed by atoms with Crippen molar-refractivity contribution in [1.82, 2.24) is 4.90 Å². The van der Waals surface area contributed by atoms with Crippen LogP contribution < -0.4 is 0 Å². The van der Waals surface area contributed by atoms with Gasteiger partial charge in [-0.3, -0.25) is 4.90 Å². The molecule has 1 aromatic rings. The third-order valence-corrected chi connectivity index (χ3v) is 4.24. The third kappa shape index (κ3) is 2.46. The van der Waals surface area contributed by atoms with Gasteiger partial charge in [0.1, 0.15) is 5.76 Å². The third-order valence-electron chi connectivity index (χ3n) is 4.24. The van der Waals surface area contributed by atoms with Gasteiger partial charge in [0.15, 0.2) is 0 Å². The lowest BCUT2D eigenvalue weighted by Gasteiger charge is -2.38. The van der Waals surface area contributed by atoms with Gasteiger partial charge < -0.3 is 13.9 Å². The standard InChI is InChI=1S/C14H21NO3/c1-16-13-9-14(18-11-13)4-6-15(7-5-14)10-12-3-2-8-17-12/h2-3,8,13H,4-7,9-11H2,1H3/t13-/m0/s1. The Bertz CT molecular complexity index is 368. The number of furan rings is 1. The normalized spacial score (nSPS) is 27.9. The van der Waals surface area contributed by atoms with Gasteiger partial charge in [-0.15, -0.1) is 0 Å². The summed E-state index contributed by atoms with van der Waals surface area (Å²) >= 11 is 0. The van der Waals surface area contributed by atoms with Crippen LogP contribution in [0.3, 0.4) is 0 Å². The summed E-state index contributed by atoms with van der Waals surface area (Å²) in [6, 6.07) is 3.99. The second-order valence-electron chi connectivity index (χ2n) is 5.41. The SMILES string of the molecule is CO[C@@H]1COC2(CCN(Cc3ccco3)CC2)C1. The van der Waals surface area contributed by atoms with Gasteiger partial charge in [-0.2, -0.15) is 0 Å². The fourth-order valence-electron chi connectivity index (χ4n) is 3.04. The van der Waals surface area contributed by atoms with E-state index in [2.05, 4.69) is 4.90 Å². The number of piperidine rings is 1. The summed E-state index contributed by atoms with van der Waals surface area (Å²) in [5.41, 5.74) is 0.0837. The highest BCUT2D eigenvalue weighted by atomic mass is 16.6. The zero-order valence-electron chi connectivity index (χ0n) is 10.9. The average Bonchev–Trinajstić information content (AvgIpc) is 3.03. The Morgan fingerprint density at radius 2 is 2.28 bits per heavy atom. The summed E-state index contributed by atoms with van der Waals surface area (Å²) in [5.74, 6) is 1.05. The van der Waals surface area contributed by atoms with Gasteiger partial charge in [0.25, 0.3) is 0 Å². The number of nitrogens with zero attached hydrogens (tertiary/aromatic N) is 1. The number of hydrogen-bond donors (Lipinski definition) is 0. The Labute approximate surface area is 108 Å². The van der Waals surface area contributed by atoms with Gasteiger partial charge >= 0.3 is 0 Å². The van der Waals surface area contributed by atoms with Crippen molar-refractivity contribution in [3.8, 4) is 0 Å². The van der Waals surface area contributed by atoms with E-state index in [0.29, 0.717) is 6.10 Å². The number of hydrogen-bond acceptors (Lipinski definition) is 4. The molecule has 3 heterocycles. The predicted octanol–water partition coefficient (Wildman–Crippen LogP) is 2.05. The Morgan fingerprint density at radius 3 is 2.89 bits per heavy atom. The molecule has 0 amide bonds. The summed E-state index contributed by atoms with van der Waals surface area (Å²) in [7, 11) is 1.78. The minimum atomic E-state index is 0.0837. The monoisotopic (exact) mass is 251 g/mol. The highest BCUT2D eigenvalue weighted by Crippen LogP contribution is 2.37. The molecule has 18 heavy (non-hydrogen) atoms. The van der Waals surface area contributed by atoms with E-state index < -0.39 is 0 Å². The van der Waals surface area contributed by atoms with Crippen LogP contribution in [0.5, 0.6) is 0 Å². The van der Waals surface area contributed by atoms with Crippen molar-refractivity contribution in [3.05, 3.63) is 24.2 Å². The largest absolute Gasteiger partial charge is 0.468 e. The van der Waals surface area contributed by atoms with Crippen LogP contribution in [0.1, 0.15) is 25.0 Å². The molecule has 2 aliphatic heterocycles. The van der Waals surface area contributed by atoms with Crippen molar-refractivity contribution >= 4 is 0 Å². The van der Waals surface area contributed by atoms with Gasteiger partial charge in [-0.05, 0) is 25.0 Å². The van der Waals surface area contributed by atoms with E-state index in [1.54, 1.807) is 13.4 Å². The molecule has 4 nitrogen and oxygen atoms in total. The molecule has 2 aliphatic rings. The van der Waals surface area contributed by atoms with E-state index in [4.69, 9.17) is 13.9 Å². The van der Waals surface area contributed by atoms with E-state index in [0.717, 1.165) is 51.3 Å². The highest BCUT2D eigenvalue weighted by molar-refractivity contribution is 5.00. The maximum atomic E-state index is 5.99. The van der Waals surface area contributed by atoms with Crippen molar-refractivity contribution in [1.29, 1.82) is 0 Å². The minimum Gasteiger partial charge on any atom is -0.468 e. The molecule has 1 atom stereocenters. The Morgan fingerprint density at radius 1 is 1.44 bits per heavy atom. The lowest BCUT2D eigenvalue weighted by Crippen LogP contribution is -2.43. The summed E-state index contributed by atoms with van der Waals surface area (Å²) < 4.78 is 16.8. The second kappa shape index (κ2) is 5.03. The summed E-state index contributed by atoms with van der Waals surface area (Å²) in [6.45, 7) is 3.83. The van der Waals surface area contributed by atoms with E-state index in [9.17, 15) is 0 Å². The first-order chi connectivity index (χ1) is 8.80. The molecule has 0 N–H and O–H groups in total. The van der Waals surface area contributed by atoms with Crippen molar-refractivity contribution in [2.75, 3.05) is 26.8 Å². The van der Waals surface area contributed by atoms with Crippen LogP contribution in [0.25, 0.3) is 0 Å². The number of likely N-dealkylation sites (tertiary alicyclic amines) is 1. The highest BCUT2D eigenvalue weighted by Gasteiger charge is 2.42. The zero-order chi connectivity index (χ0) is 12.4. The van der Waals surface area contributed by atoms with Crippen molar-refractivity contribution < 1.29 is 13.9 Å². The second-order valence-corrected chi connectivity index (χ2v) is 5.41. The summed E-state index contributed by atoms with van der Waals surface area (Å²) in [4.78, 5) is 2.44. The molecule has 0 unspecified atom stereocenters. The molecule has 0 aromatic carbocycles. The number of methoxy groups -OCH3 is 1. The van der Waals surface area contributed by atoms with Crippen LogP contribution in [0.2, 0.25) is 0 Å². The van der Waals surface area contributed by atoms with Crippen LogP contribution in [0, 0.1) is 0 Å². The van der Waals surface area contributed by atoms with Gasteiger partial charge in [0, 0.05) is 26.6 Å². The molecule has 0 bridgehead atoms. The van der Waals surface area contributed by atoms with Crippen LogP contribution in [0.15, 0.2) is 22.8 Å². The van der Waals surface area contributed by atoms with Crippen LogP contribution in [-0.4, -0.2) is 43.4 Å². The first-order valence-electron chi connectivity index (χ1n) is 6.71.